The first-order valence-electron chi connectivity index (χ1n) is 20.5. The fraction of sp³-hybridized carbons (Fsp3) is 0.927. The van der Waals surface area contributed by atoms with Crippen molar-refractivity contribution < 1.29 is 28.6 Å². The highest BCUT2D eigenvalue weighted by Crippen LogP contribution is 2.15. The fourth-order valence-electron chi connectivity index (χ4n) is 5.97. The zero-order valence-electron chi connectivity index (χ0n) is 31.6. The predicted molar refractivity (Wildman–Crippen MR) is 197 cm³/mol. The van der Waals surface area contributed by atoms with Crippen LogP contribution in [0.5, 0.6) is 0 Å². The second-order valence-electron chi connectivity index (χ2n) is 13.9. The second kappa shape index (κ2) is 37.2. The van der Waals surface area contributed by atoms with Crippen molar-refractivity contribution in [3.63, 3.8) is 0 Å². The quantitative estimate of drug-likeness (QED) is 0.0284. The highest BCUT2D eigenvalue weighted by atomic mass is 16.7. The number of hydrogen-bond acceptors (Lipinski definition) is 6. The van der Waals surface area contributed by atoms with Crippen molar-refractivity contribution in [2.24, 2.45) is 0 Å². The molecule has 0 N–H and O–H groups in total. The summed E-state index contributed by atoms with van der Waals surface area (Å²) < 4.78 is 16.4. The molecule has 0 unspecified atom stereocenters. The summed E-state index contributed by atoms with van der Waals surface area (Å²) in [6, 6.07) is 0. The third kappa shape index (κ3) is 35.5. The van der Waals surface area contributed by atoms with Crippen LogP contribution in [0.3, 0.4) is 0 Å². The van der Waals surface area contributed by atoms with Crippen LogP contribution in [0.2, 0.25) is 0 Å². The Balaban J connectivity index is 4.06. The topological polar surface area (TPSA) is 78.9 Å². The fourth-order valence-corrected chi connectivity index (χ4v) is 5.97. The highest BCUT2D eigenvalue weighted by molar-refractivity contribution is 5.71. The van der Waals surface area contributed by atoms with Gasteiger partial charge in [-0.25, -0.2) is 0 Å². The van der Waals surface area contributed by atoms with Crippen LogP contribution in [0.4, 0.5) is 0 Å². The maximum absolute atomic E-state index is 12.4. The van der Waals surface area contributed by atoms with E-state index in [0.717, 1.165) is 57.8 Å². The summed E-state index contributed by atoms with van der Waals surface area (Å²) in [6.07, 6.45) is 35.8. The number of hydrogen-bond donors (Lipinski definition) is 0. The number of carbonyl (C=O) groups excluding carboxylic acids is 3. The molecule has 0 aliphatic heterocycles. The van der Waals surface area contributed by atoms with Crippen LogP contribution in [-0.2, 0) is 28.6 Å². The number of ether oxygens (including phenoxy) is 3. The van der Waals surface area contributed by atoms with E-state index in [1.54, 1.807) is 0 Å². The van der Waals surface area contributed by atoms with Gasteiger partial charge in [0, 0.05) is 19.3 Å². The molecular formula is C41H78O6. The first-order valence-corrected chi connectivity index (χ1v) is 20.5. The second-order valence-corrected chi connectivity index (χ2v) is 13.9. The summed E-state index contributed by atoms with van der Waals surface area (Å²) >= 11 is 0. The number of esters is 3. The van der Waals surface area contributed by atoms with Crippen LogP contribution in [-0.4, -0.2) is 37.2 Å². The Morgan fingerprint density at radius 1 is 0.340 bits per heavy atom. The zero-order valence-corrected chi connectivity index (χ0v) is 31.6. The van der Waals surface area contributed by atoms with Crippen LogP contribution < -0.4 is 0 Å². The van der Waals surface area contributed by atoms with Crippen LogP contribution >= 0.6 is 0 Å². The minimum absolute atomic E-state index is 0.0667. The van der Waals surface area contributed by atoms with Crippen molar-refractivity contribution in [2.75, 3.05) is 13.2 Å². The van der Waals surface area contributed by atoms with Crippen LogP contribution in [0.15, 0.2) is 0 Å². The molecule has 0 radical (unpaired) electrons. The van der Waals surface area contributed by atoms with Gasteiger partial charge >= 0.3 is 17.9 Å². The molecule has 0 bridgehead atoms. The monoisotopic (exact) mass is 668 g/mol. The van der Waals surface area contributed by atoms with E-state index in [4.69, 9.17) is 14.2 Å². The Hall–Kier alpha value is -1.59. The van der Waals surface area contributed by atoms with Crippen molar-refractivity contribution >= 4 is 17.9 Å². The van der Waals surface area contributed by atoms with E-state index in [2.05, 4.69) is 20.8 Å². The van der Waals surface area contributed by atoms with Crippen LogP contribution in [0, 0.1) is 0 Å². The molecule has 0 fully saturated rings. The van der Waals surface area contributed by atoms with Gasteiger partial charge in [0.1, 0.15) is 13.2 Å². The SMILES string of the molecule is CCCCCCCCCCCCCCCC(=O)OCC(COC(=O)CCCCCCCCCCCCCCC)O[13C](=O)CCCCC. The molecule has 0 aliphatic rings. The van der Waals surface area contributed by atoms with Gasteiger partial charge in [-0.15, -0.1) is 0 Å². The summed E-state index contributed by atoms with van der Waals surface area (Å²) in [6.45, 7) is 6.47. The Morgan fingerprint density at radius 2 is 0.574 bits per heavy atom. The third-order valence-electron chi connectivity index (χ3n) is 9.11. The number of unbranched alkanes of at least 4 members (excludes halogenated alkanes) is 26. The summed E-state index contributed by atoms with van der Waals surface area (Å²) in [5.74, 6) is -0.889. The van der Waals surface area contributed by atoms with E-state index >= 15 is 0 Å². The molecule has 0 aromatic rings. The molecule has 47 heavy (non-hydrogen) atoms. The van der Waals surface area contributed by atoms with E-state index in [1.807, 2.05) is 0 Å². The maximum Gasteiger partial charge on any atom is 0.306 e. The van der Waals surface area contributed by atoms with Gasteiger partial charge in [-0.2, -0.15) is 0 Å². The average molecular weight is 668 g/mol. The van der Waals surface area contributed by atoms with E-state index < -0.39 is 6.10 Å². The molecule has 278 valence electrons. The summed E-state index contributed by atoms with van der Waals surface area (Å²) in [7, 11) is 0. The van der Waals surface area contributed by atoms with E-state index in [0.29, 0.717) is 19.3 Å². The Labute approximate surface area is 291 Å². The molecule has 6 heteroatoms. The molecular weight excluding hydrogens is 589 g/mol. The van der Waals surface area contributed by atoms with Crippen molar-refractivity contribution in [1.82, 2.24) is 0 Å². The predicted octanol–water partition coefficient (Wildman–Crippen LogP) is 12.5. The summed E-state index contributed by atoms with van der Waals surface area (Å²) in [4.78, 5) is 37.1. The van der Waals surface area contributed by atoms with Crippen molar-refractivity contribution in [3.05, 3.63) is 0 Å². The van der Waals surface area contributed by atoms with Crippen LogP contribution in [0.25, 0.3) is 0 Å². The minimum Gasteiger partial charge on any atom is -0.462 e. The molecule has 0 rings (SSSR count). The molecule has 0 amide bonds. The molecule has 0 aromatic carbocycles. The smallest absolute Gasteiger partial charge is 0.306 e. The van der Waals surface area contributed by atoms with Crippen molar-refractivity contribution in [3.8, 4) is 0 Å². The van der Waals surface area contributed by atoms with E-state index in [9.17, 15) is 14.4 Å². The lowest BCUT2D eigenvalue weighted by Crippen LogP contribution is -2.30. The van der Waals surface area contributed by atoms with Gasteiger partial charge in [0.15, 0.2) is 6.10 Å². The standard InChI is InChI=1S/C41H78O6/c1-4-7-10-12-14-16-18-20-22-24-26-28-31-33-39(42)45-36-38(47-41(44)35-30-9-6-3)37-46-40(43)34-32-29-27-25-23-21-19-17-15-13-11-8-5-2/h38H,4-37H2,1-3H3/i41+1. The number of carbonyl (C=O) groups is 3. The molecule has 0 atom stereocenters. The molecule has 0 heterocycles. The molecule has 0 aliphatic carbocycles. The summed E-state index contributed by atoms with van der Waals surface area (Å²) in [5.41, 5.74) is 0. The normalized spacial score (nSPS) is 11.2. The lowest BCUT2D eigenvalue weighted by molar-refractivity contribution is -0.167. The van der Waals surface area contributed by atoms with Gasteiger partial charge in [-0.1, -0.05) is 188 Å². The van der Waals surface area contributed by atoms with Crippen molar-refractivity contribution in [1.29, 1.82) is 0 Å². The molecule has 0 spiro atoms. The van der Waals surface area contributed by atoms with Gasteiger partial charge in [-0.05, 0) is 19.3 Å². The lowest BCUT2D eigenvalue weighted by atomic mass is 10.0. The van der Waals surface area contributed by atoms with Gasteiger partial charge in [0.2, 0.25) is 0 Å². The Morgan fingerprint density at radius 3 is 0.894 bits per heavy atom. The first-order chi connectivity index (χ1) is 23.0. The molecule has 0 aromatic heterocycles. The Kier molecular flexibility index (Phi) is 36.0. The molecule has 6 nitrogen and oxygen atoms in total. The summed E-state index contributed by atoms with van der Waals surface area (Å²) in [5, 5.41) is 0. The lowest BCUT2D eigenvalue weighted by Gasteiger charge is -2.18. The van der Waals surface area contributed by atoms with E-state index in [1.165, 1.54) is 128 Å². The van der Waals surface area contributed by atoms with Gasteiger partial charge in [0.25, 0.3) is 0 Å². The Bertz CT molecular complexity index is 647. The molecule has 0 saturated heterocycles. The van der Waals surface area contributed by atoms with Crippen molar-refractivity contribution in [2.45, 2.75) is 232 Å². The third-order valence-corrected chi connectivity index (χ3v) is 9.11. The molecule has 0 saturated carbocycles. The first kappa shape index (κ1) is 45.4. The zero-order chi connectivity index (χ0) is 34.5. The largest absolute Gasteiger partial charge is 0.462 e. The highest BCUT2D eigenvalue weighted by Gasteiger charge is 2.19. The van der Waals surface area contributed by atoms with Gasteiger partial charge < -0.3 is 14.2 Å². The number of rotatable bonds is 37. The van der Waals surface area contributed by atoms with Gasteiger partial charge in [-0.3, -0.25) is 14.4 Å². The maximum atomic E-state index is 12.4. The minimum atomic E-state index is -0.754. The average Bonchev–Trinajstić information content (AvgIpc) is 3.06. The van der Waals surface area contributed by atoms with E-state index in [-0.39, 0.29) is 31.1 Å². The van der Waals surface area contributed by atoms with Crippen LogP contribution in [0.1, 0.15) is 226 Å². The van der Waals surface area contributed by atoms with Gasteiger partial charge in [0.05, 0.1) is 0 Å².